The first-order valence-corrected chi connectivity index (χ1v) is 13.0. The van der Waals surface area contributed by atoms with Gasteiger partial charge in [0.25, 0.3) is 0 Å². The topological polar surface area (TPSA) is 46.9 Å². The minimum atomic E-state index is 0.0334. The largest absolute Gasteiger partial charge is 0.492 e. The van der Waals surface area contributed by atoms with Crippen LogP contribution in [0.2, 0.25) is 0 Å². The molecule has 1 aromatic heterocycles. The van der Waals surface area contributed by atoms with Gasteiger partial charge in [-0.2, -0.15) is 0 Å². The van der Waals surface area contributed by atoms with Crippen LogP contribution in [0.15, 0.2) is 41.2 Å². The van der Waals surface area contributed by atoms with E-state index in [-0.39, 0.29) is 5.43 Å². The quantitative estimate of drug-likeness (QED) is 0.463. The van der Waals surface area contributed by atoms with E-state index in [1.165, 1.54) is 38.5 Å². The van der Waals surface area contributed by atoms with Gasteiger partial charge in [-0.25, -0.2) is 0 Å². The molecular formula is C28H37N3O3. The molecule has 0 amide bonds. The van der Waals surface area contributed by atoms with Crippen LogP contribution < -0.4 is 14.9 Å². The number of rotatable bonds is 8. The van der Waals surface area contributed by atoms with Crippen LogP contribution in [0.1, 0.15) is 38.5 Å². The number of likely N-dealkylation sites (tertiary alicyclic amines) is 2. The van der Waals surface area contributed by atoms with Gasteiger partial charge in [0.15, 0.2) is 5.43 Å². The molecule has 2 aliphatic rings. The van der Waals surface area contributed by atoms with E-state index in [1.54, 1.807) is 0 Å². The first-order chi connectivity index (χ1) is 16.7. The van der Waals surface area contributed by atoms with Crippen molar-refractivity contribution in [3.05, 3.63) is 46.6 Å². The third-order valence-electron chi connectivity index (χ3n) is 7.40. The molecule has 34 heavy (non-hydrogen) atoms. The number of hydrogen-bond donors (Lipinski definition) is 0. The Morgan fingerprint density at radius 3 is 1.56 bits per heavy atom. The van der Waals surface area contributed by atoms with Gasteiger partial charge >= 0.3 is 0 Å². The maximum atomic E-state index is 13.4. The summed E-state index contributed by atoms with van der Waals surface area (Å²) in [6, 6.07) is 11.7. The fourth-order valence-electron chi connectivity index (χ4n) is 5.38. The van der Waals surface area contributed by atoms with Gasteiger partial charge in [0.1, 0.15) is 24.7 Å². The molecule has 0 radical (unpaired) electrons. The van der Waals surface area contributed by atoms with Gasteiger partial charge < -0.3 is 14.0 Å². The van der Waals surface area contributed by atoms with Gasteiger partial charge in [-0.05, 0) is 88.3 Å². The van der Waals surface area contributed by atoms with Crippen molar-refractivity contribution >= 4 is 21.8 Å². The zero-order valence-corrected chi connectivity index (χ0v) is 20.4. The maximum absolute atomic E-state index is 13.4. The van der Waals surface area contributed by atoms with Crippen molar-refractivity contribution in [3.63, 3.8) is 0 Å². The summed E-state index contributed by atoms with van der Waals surface area (Å²) in [6.07, 6.45) is 7.80. The lowest BCUT2D eigenvalue weighted by atomic mass is 10.1. The van der Waals surface area contributed by atoms with E-state index in [0.29, 0.717) is 24.0 Å². The zero-order valence-electron chi connectivity index (χ0n) is 20.4. The van der Waals surface area contributed by atoms with E-state index in [4.69, 9.17) is 9.47 Å². The van der Waals surface area contributed by atoms with Crippen molar-refractivity contribution in [1.82, 2.24) is 14.4 Å². The fraction of sp³-hybridized carbons (Fsp3) is 0.536. The van der Waals surface area contributed by atoms with Crippen LogP contribution >= 0.6 is 0 Å². The lowest BCUT2D eigenvalue weighted by Crippen LogP contribution is -2.33. The SMILES string of the molecule is Cn1c2ccc(OCCN3CCCCC3)cc2c(=O)c2cc(OCCN3CCCCC3)ccc21. The molecule has 0 atom stereocenters. The predicted octanol–water partition coefficient (Wildman–Crippen LogP) is 4.42. The minimum Gasteiger partial charge on any atom is -0.492 e. The monoisotopic (exact) mass is 463 g/mol. The van der Waals surface area contributed by atoms with E-state index in [1.807, 2.05) is 43.4 Å². The van der Waals surface area contributed by atoms with E-state index >= 15 is 0 Å². The molecule has 6 heteroatoms. The molecule has 0 saturated carbocycles. The molecule has 3 heterocycles. The summed E-state index contributed by atoms with van der Waals surface area (Å²) in [5.41, 5.74) is 1.87. The third-order valence-corrected chi connectivity index (χ3v) is 7.40. The van der Waals surface area contributed by atoms with Crippen molar-refractivity contribution < 1.29 is 9.47 Å². The second-order valence-electron chi connectivity index (χ2n) is 9.75. The Hall–Kier alpha value is -2.57. The van der Waals surface area contributed by atoms with Gasteiger partial charge in [-0.15, -0.1) is 0 Å². The maximum Gasteiger partial charge on any atom is 0.197 e. The molecule has 3 aromatic rings. The molecule has 0 spiro atoms. The zero-order chi connectivity index (χ0) is 23.3. The number of fused-ring (bicyclic) bond motifs is 2. The Morgan fingerprint density at radius 1 is 0.676 bits per heavy atom. The van der Waals surface area contributed by atoms with Gasteiger partial charge in [0.2, 0.25) is 0 Å². The summed E-state index contributed by atoms with van der Waals surface area (Å²) in [5.74, 6) is 1.52. The normalized spacial score (nSPS) is 17.9. The van der Waals surface area contributed by atoms with Crippen LogP contribution in [0.5, 0.6) is 11.5 Å². The van der Waals surface area contributed by atoms with Gasteiger partial charge in [-0.3, -0.25) is 14.6 Å². The molecule has 5 rings (SSSR count). The Bertz CT molecular complexity index is 1090. The molecule has 0 N–H and O–H groups in total. The highest BCUT2D eigenvalue weighted by Crippen LogP contribution is 2.25. The highest BCUT2D eigenvalue weighted by atomic mass is 16.5. The Kier molecular flexibility index (Phi) is 7.36. The number of nitrogens with zero attached hydrogens (tertiary/aromatic N) is 3. The van der Waals surface area contributed by atoms with Crippen LogP contribution in [0.25, 0.3) is 21.8 Å². The molecule has 0 unspecified atom stereocenters. The summed E-state index contributed by atoms with van der Waals surface area (Å²) in [5, 5.41) is 1.38. The summed E-state index contributed by atoms with van der Waals surface area (Å²) in [6.45, 7) is 7.82. The number of benzene rings is 2. The number of aromatic nitrogens is 1. The Balaban J connectivity index is 1.31. The van der Waals surface area contributed by atoms with Crippen molar-refractivity contribution in [2.24, 2.45) is 7.05 Å². The summed E-state index contributed by atoms with van der Waals surface area (Å²) in [4.78, 5) is 18.4. The van der Waals surface area contributed by atoms with Gasteiger partial charge in [0, 0.05) is 30.9 Å². The molecular weight excluding hydrogens is 426 g/mol. The lowest BCUT2D eigenvalue weighted by Gasteiger charge is -2.26. The summed E-state index contributed by atoms with van der Waals surface area (Å²) < 4.78 is 14.2. The molecule has 0 bridgehead atoms. The van der Waals surface area contributed by atoms with Crippen LogP contribution in [0.4, 0.5) is 0 Å². The minimum absolute atomic E-state index is 0.0334. The molecule has 2 aromatic carbocycles. The molecule has 2 aliphatic heterocycles. The summed E-state index contributed by atoms with van der Waals surface area (Å²) in [7, 11) is 2.01. The Morgan fingerprint density at radius 2 is 1.12 bits per heavy atom. The molecule has 2 fully saturated rings. The lowest BCUT2D eigenvalue weighted by molar-refractivity contribution is 0.183. The number of hydrogen-bond acceptors (Lipinski definition) is 5. The standard InChI is InChI=1S/C28H37N3O3/c1-29-26-10-8-22(33-18-16-30-12-4-2-5-13-30)20-24(26)28(32)25-21-23(9-11-27(25)29)34-19-17-31-14-6-3-7-15-31/h8-11,20-21H,2-7,12-19H2,1H3. The second kappa shape index (κ2) is 10.8. The third kappa shape index (κ3) is 5.23. The van der Waals surface area contributed by atoms with Crippen molar-refractivity contribution in [2.45, 2.75) is 38.5 Å². The van der Waals surface area contributed by atoms with Gasteiger partial charge in [-0.1, -0.05) is 12.8 Å². The fourth-order valence-corrected chi connectivity index (χ4v) is 5.38. The average Bonchev–Trinajstić information content (AvgIpc) is 2.88. The highest BCUT2D eigenvalue weighted by Gasteiger charge is 2.13. The van der Waals surface area contributed by atoms with Crippen LogP contribution in [-0.2, 0) is 7.05 Å². The van der Waals surface area contributed by atoms with Crippen molar-refractivity contribution in [2.75, 3.05) is 52.5 Å². The van der Waals surface area contributed by atoms with E-state index < -0.39 is 0 Å². The number of ether oxygens (including phenoxy) is 2. The van der Waals surface area contributed by atoms with Crippen molar-refractivity contribution in [1.29, 1.82) is 0 Å². The van der Waals surface area contributed by atoms with Crippen LogP contribution in [0.3, 0.4) is 0 Å². The van der Waals surface area contributed by atoms with Crippen molar-refractivity contribution in [3.8, 4) is 11.5 Å². The van der Waals surface area contributed by atoms with Crippen LogP contribution in [-0.4, -0.2) is 66.8 Å². The van der Waals surface area contributed by atoms with Gasteiger partial charge in [0.05, 0.1) is 11.0 Å². The Labute approximate surface area is 202 Å². The second-order valence-corrected chi connectivity index (χ2v) is 9.75. The first-order valence-electron chi connectivity index (χ1n) is 13.0. The van der Waals surface area contributed by atoms with E-state index in [0.717, 1.165) is 61.8 Å². The first kappa shape index (κ1) is 23.2. The average molecular weight is 464 g/mol. The molecule has 0 aliphatic carbocycles. The number of pyridine rings is 1. The number of aryl methyl sites for hydroxylation is 1. The van der Waals surface area contributed by atoms with E-state index in [2.05, 4.69) is 14.4 Å². The molecule has 182 valence electrons. The van der Waals surface area contributed by atoms with Crippen LogP contribution in [0, 0.1) is 0 Å². The molecule has 2 saturated heterocycles. The smallest absolute Gasteiger partial charge is 0.197 e. The highest BCUT2D eigenvalue weighted by molar-refractivity contribution is 5.94. The summed E-state index contributed by atoms with van der Waals surface area (Å²) >= 11 is 0. The van der Waals surface area contributed by atoms with E-state index in [9.17, 15) is 4.79 Å². The number of piperidine rings is 2. The predicted molar refractivity (Wildman–Crippen MR) is 138 cm³/mol. The molecule has 6 nitrogen and oxygen atoms in total.